The molecule has 0 saturated carbocycles. The van der Waals surface area contributed by atoms with Crippen LogP contribution in [0.25, 0.3) is 0 Å². The Labute approximate surface area is 183 Å². The minimum Gasteiger partial charge on any atom is -0.497 e. The molecule has 1 fully saturated rings. The second-order valence-corrected chi connectivity index (χ2v) is 10.0. The third-order valence-corrected chi connectivity index (χ3v) is 7.54. The van der Waals surface area contributed by atoms with Crippen LogP contribution in [0.15, 0.2) is 53.9 Å². The van der Waals surface area contributed by atoms with Gasteiger partial charge in [0.2, 0.25) is 0 Å². The van der Waals surface area contributed by atoms with E-state index in [-0.39, 0.29) is 10.9 Å². The largest absolute Gasteiger partial charge is 0.497 e. The molecule has 2 aromatic heterocycles. The van der Waals surface area contributed by atoms with Gasteiger partial charge in [0.25, 0.3) is 10.0 Å². The lowest BCUT2D eigenvalue weighted by atomic mass is 9.92. The first kappa shape index (κ1) is 21.5. The molecule has 1 aromatic carbocycles. The zero-order chi connectivity index (χ0) is 22.0. The predicted octanol–water partition coefficient (Wildman–Crippen LogP) is 3.29. The maximum absolute atomic E-state index is 12.8. The Morgan fingerprint density at radius 3 is 2.42 bits per heavy atom. The summed E-state index contributed by atoms with van der Waals surface area (Å²) >= 11 is 0. The van der Waals surface area contributed by atoms with E-state index in [0.29, 0.717) is 13.1 Å². The zero-order valence-corrected chi connectivity index (χ0v) is 19.0. The number of piperidine rings is 1. The third-order valence-electron chi connectivity index (χ3n) is 5.76. The Morgan fingerprint density at radius 2 is 1.81 bits per heavy atom. The molecule has 1 aliphatic rings. The monoisotopic (exact) mass is 440 g/mol. The highest BCUT2D eigenvalue weighted by Gasteiger charge is 2.31. The maximum atomic E-state index is 12.8. The van der Waals surface area contributed by atoms with E-state index in [2.05, 4.69) is 29.2 Å². The van der Waals surface area contributed by atoms with Gasteiger partial charge in [0, 0.05) is 43.6 Å². The number of ether oxygens (including phenoxy) is 1. The summed E-state index contributed by atoms with van der Waals surface area (Å²) in [7, 11) is -0.103. The number of rotatable bonds is 6. The molecule has 0 amide bonds. The number of hydrogen-bond donors (Lipinski definition) is 0. The lowest BCUT2D eigenvalue weighted by molar-refractivity contribution is 0.315. The number of benzene rings is 1. The lowest BCUT2D eigenvalue weighted by Crippen LogP contribution is -2.38. The summed E-state index contributed by atoms with van der Waals surface area (Å²) in [6.45, 7) is 2.97. The number of pyridine rings is 1. The normalized spacial score (nSPS) is 15.8. The molecule has 31 heavy (non-hydrogen) atoms. The molecule has 1 aliphatic heterocycles. The van der Waals surface area contributed by atoms with E-state index >= 15 is 0 Å². The average Bonchev–Trinajstić information content (AvgIpc) is 3.21. The first-order valence-corrected chi connectivity index (χ1v) is 11.9. The van der Waals surface area contributed by atoms with E-state index < -0.39 is 10.0 Å². The fraction of sp³-hybridized carbons (Fsp3) is 0.391. The van der Waals surface area contributed by atoms with E-state index in [1.54, 1.807) is 29.2 Å². The molecule has 164 valence electrons. The molecule has 7 nitrogen and oxygen atoms in total. The minimum atomic E-state index is -3.54. The van der Waals surface area contributed by atoms with Crippen molar-refractivity contribution in [2.24, 2.45) is 7.05 Å². The number of hydrogen-bond acceptors (Lipinski definition) is 5. The smallest absolute Gasteiger partial charge is 0.262 e. The summed E-state index contributed by atoms with van der Waals surface area (Å²) < 4.78 is 34.1. The van der Waals surface area contributed by atoms with Crippen molar-refractivity contribution in [1.29, 1.82) is 0 Å². The molecule has 4 rings (SSSR count). The second-order valence-electron chi connectivity index (χ2n) is 8.12. The van der Waals surface area contributed by atoms with Crippen LogP contribution in [-0.2, 0) is 23.5 Å². The fourth-order valence-electron chi connectivity index (χ4n) is 4.10. The van der Waals surface area contributed by atoms with Gasteiger partial charge in [-0.05, 0) is 61.6 Å². The van der Waals surface area contributed by atoms with Gasteiger partial charge in [0.05, 0.1) is 13.4 Å². The van der Waals surface area contributed by atoms with Crippen LogP contribution in [0.3, 0.4) is 0 Å². The van der Waals surface area contributed by atoms with Crippen molar-refractivity contribution in [1.82, 2.24) is 18.8 Å². The molecule has 0 atom stereocenters. The fourth-order valence-corrected chi connectivity index (χ4v) is 5.54. The highest BCUT2D eigenvalue weighted by Crippen LogP contribution is 2.30. The molecule has 3 aromatic rings. The van der Waals surface area contributed by atoms with Crippen molar-refractivity contribution in [3.8, 4) is 5.75 Å². The molecule has 0 bridgehead atoms. The lowest BCUT2D eigenvalue weighted by Gasteiger charge is -2.30. The van der Waals surface area contributed by atoms with Gasteiger partial charge >= 0.3 is 0 Å². The third kappa shape index (κ3) is 4.80. The summed E-state index contributed by atoms with van der Waals surface area (Å²) in [5.41, 5.74) is 4.48. The van der Waals surface area contributed by atoms with Gasteiger partial charge in [0.1, 0.15) is 5.75 Å². The minimum absolute atomic E-state index is 0.115. The molecule has 0 N–H and O–H groups in total. The standard InChI is InChI=1S/C23H28N4O3S/c1-17-12-19(13-18-4-6-21(30-3)7-5-18)14-22(25-17)20-8-10-27(11-9-20)31(28,29)23-15-26(2)16-24-23/h4-7,12,14-16,20H,8-11,13H2,1-3H3. The summed E-state index contributed by atoms with van der Waals surface area (Å²) in [4.78, 5) is 8.80. The van der Waals surface area contributed by atoms with Gasteiger partial charge in [0.15, 0.2) is 5.03 Å². The molecular formula is C23H28N4O3S. The van der Waals surface area contributed by atoms with Crippen molar-refractivity contribution >= 4 is 10.0 Å². The quantitative estimate of drug-likeness (QED) is 0.588. The number of sulfonamides is 1. The Balaban J connectivity index is 1.45. The van der Waals surface area contributed by atoms with Gasteiger partial charge in [-0.1, -0.05) is 12.1 Å². The number of aryl methyl sites for hydroxylation is 2. The van der Waals surface area contributed by atoms with E-state index in [1.165, 1.54) is 17.5 Å². The van der Waals surface area contributed by atoms with Crippen LogP contribution in [0.2, 0.25) is 0 Å². The highest BCUT2D eigenvalue weighted by atomic mass is 32.2. The number of methoxy groups -OCH3 is 1. The predicted molar refractivity (Wildman–Crippen MR) is 119 cm³/mol. The average molecular weight is 441 g/mol. The van der Waals surface area contributed by atoms with Crippen LogP contribution >= 0.6 is 0 Å². The van der Waals surface area contributed by atoms with Gasteiger partial charge < -0.3 is 9.30 Å². The van der Waals surface area contributed by atoms with Gasteiger partial charge in [-0.25, -0.2) is 13.4 Å². The molecular weight excluding hydrogens is 412 g/mol. The molecule has 0 radical (unpaired) electrons. The molecule has 3 heterocycles. The van der Waals surface area contributed by atoms with Gasteiger partial charge in [-0.3, -0.25) is 4.98 Å². The van der Waals surface area contributed by atoms with Crippen LogP contribution in [0.1, 0.15) is 41.3 Å². The number of imidazole rings is 1. The van der Waals surface area contributed by atoms with Crippen molar-refractivity contribution in [3.63, 3.8) is 0 Å². The van der Waals surface area contributed by atoms with Crippen molar-refractivity contribution in [3.05, 3.63) is 71.4 Å². The van der Waals surface area contributed by atoms with Crippen LogP contribution in [0, 0.1) is 6.92 Å². The molecule has 1 saturated heterocycles. The Morgan fingerprint density at radius 1 is 1.10 bits per heavy atom. The van der Waals surface area contributed by atoms with Crippen LogP contribution in [0.4, 0.5) is 0 Å². The molecule has 0 unspecified atom stereocenters. The SMILES string of the molecule is COc1ccc(Cc2cc(C)nc(C3CCN(S(=O)(=O)c4cn(C)cn4)CC3)c2)cc1. The van der Waals surface area contributed by atoms with Crippen LogP contribution in [0.5, 0.6) is 5.75 Å². The Kier molecular flexibility index (Phi) is 6.11. The maximum Gasteiger partial charge on any atom is 0.262 e. The van der Waals surface area contributed by atoms with Crippen molar-refractivity contribution < 1.29 is 13.2 Å². The van der Waals surface area contributed by atoms with Gasteiger partial charge in [-0.2, -0.15) is 4.31 Å². The van der Waals surface area contributed by atoms with Gasteiger partial charge in [-0.15, -0.1) is 0 Å². The number of nitrogens with zero attached hydrogens (tertiary/aromatic N) is 4. The van der Waals surface area contributed by atoms with Crippen molar-refractivity contribution in [2.45, 2.75) is 37.1 Å². The first-order chi connectivity index (χ1) is 14.8. The number of aromatic nitrogens is 3. The van der Waals surface area contributed by atoms with Crippen LogP contribution in [-0.4, -0.2) is 47.5 Å². The molecule has 0 aliphatic carbocycles. The van der Waals surface area contributed by atoms with E-state index in [4.69, 9.17) is 9.72 Å². The van der Waals surface area contributed by atoms with E-state index in [9.17, 15) is 8.42 Å². The zero-order valence-electron chi connectivity index (χ0n) is 18.2. The summed E-state index contributed by atoms with van der Waals surface area (Å²) in [6.07, 6.45) is 5.40. The Bertz CT molecular complexity index is 1150. The second kappa shape index (κ2) is 8.80. The first-order valence-electron chi connectivity index (χ1n) is 10.4. The molecule has 8 heteroatoms. The van der Waals surface area contributed by atoms with Crippen LogP contribution < -0.4 is 4.74 Å². The molecule has 0 spiro atoms. The van der Waals surface area contributed by atoms with E-state index in [1.807, 2.05) is 19.1 Å². The summed E-state index contributed by atoms with van der Waals surface area (Å²) in [6, 6.07) is 12.4. The summed E-state index contributed by atoms with van der Waals surface area (Å²) in [5.74, 6) is 1.10. The Hall–Kier alpha value is -2.71. The van der Waals surface area contributed by atoms with Crippen molar-refractivity contribution in [2.75, 3.05) is 20.2 Å². The van der Waals surface area contributed by atoms with E-state index in [0.717, 1.165) is 36.4 Å². The summed E-state index contributed by atoms with van der Waals surface area (Å²) in [5, 5.41) is 0.115. The topological polar surface area (TPSA) is 77.3 Å². The highest BCUT2D eigenvalue weighted by molar-refractivity contribution is 7.89.